The van der Waals surface area contributed by atoms with Crippen molar-refractivity contribution in [2.45, 2.75) is 87.1 Å². The Morgan fingerprint density at radius 2 is 1.43 bits per heavy atom. The van der Waals surface area contributed by atoms with E-state index >= 15 is 0 Å². The molecular formula is C21H40N2O5. The number of unbranched alkanes of at least 4 members (excludes halogenated alkanes) is 1. The maximum absolute atomic E-state index is 11.9. The maximum Gasteiger partial charge on any atom is 0.316 e. The third-order valence-corrected chi connectivity index (χ3v) is 3.86. The lowest BCUT2D eigenvalue weighted by Gasteiger charge is -2.19. The number of ketones is 1. The lowest BCUT2D eigenvalue weighted by Crippen LogP contribution is -2.48. The minimum Gasteiger partial charge on any atom is -0.481 e. The van der Waals surface area contributed by atoms with Crippen LogP contribution in [0, 0.1) is 17.3 Å². The first-order valence-electron chi connectivity index (χ1n) is 10.1. The number of hydrogen-bond donors (Lipinski definition) is 3. The third kappa shape index (κ3) is 14.2. The summed E-state index contributed by atoms with van der Waals surface area (Å²) in [5.74, 6) is -1.14. The molecule has 28 heavy (non-hydrogen) atoms. The van der Waals surface area contributed by atoms with Gasteiger partial charge in [-0.25, -0.2) is 0 Å². The molecule has 0 saturated carbocycles. The number of Topliss-reactive ketones (excluding diaryl/α,β-unsaturated/α-hetero) is 1. The van der Waals surface area contributed by atoms with Crippen molar-refractivity contribution in [2.24, 2.45) is 17.3 Å². The fourth-order valence-corrected chi connectivity index (χ4v) is 1.88. The van der Waals surface area contributed by atoms with Crippen molar-refractivity contribution in [2.75, 3.05) is 6.54 Å². The Bertz CT molecular complexity index is 510. The molecule has 0 aromatic carbocycles. The summed E-state index contributed by atoms with van der Waals surface area (Å²) in [5, 5.41) is 13.9. The summed E-state index contributed by atoms with van der Waals surface area (Å²) in [6.07, 6.45) is 3.15. The Morgan fingerprint density at radius 3 is 1.86 bits per heavy atom. The first-order valence-corrected chi connectivity index (χ1v) is 10.1. The Hall–Kier alpha value is -1.92. The molecule has 7 heteroatoms. The Labute approximate surface area is 170 Å². The molecule has 0 spiro atoms. The number of carboxylic acids is 1. The second kappa shape index (κ2) is 14.1. The molecular weight excluding hydrogens is 360 g/mol. The van der Waals surface area contributed by atoms with Crippen LogP contribution < -0.4 is 10.6 Å². The topological polar surface area (TPSA) is 113 Å². The van der Waals surface area contributed by atoms with Crippen LogP contribution in [-0.2, 0) is 19.2 Å². The average molecular weight is 401 g/mol. The molecule has 2 amide bonds. The number of amides is 2. The van der Waals surface area contributed by atoms with Gasteiger partial charge in [0.05, 0.1) is 6.54 Å². The monoisotopic (exact) mass is 400 g/mol. The van der Waals surface area contributed by atoms with E-state index in [9.17, 15) is 19.2 Å². The molecule has 7 nitrogen and oxygen atoms in total. The molecule has 0 aliphatic rings. The van der Waals surface area contributed by atoms with E-state index in [-0.39, 0.29) is 12.5 Å². The van der Waals surface area contributed by atoms with Crippen LogP contribution in [0.2, 0.25) is 0 Å². The quantitative estimate of drug-likeness (QED) is 0.364. The Balaban J connectivity index is 0. The van der Waals surface area contributed by atoms with Gasteiger partial charge in [-0.05, 0) is 39.0 Å². The van der Waals surface area contributed by atoms with Gasteiger partial charge < -0.3 is 15.7 Å². The number of nitrogens with one attached hydrogen (secondary N) is 2. The van der Waals surface area contributed by atoms with Gasteiger partial charge in [0.15, 0.2) is 5.78 Å². The molecule has 0 aliphatic heterocycles. The highest BCUT2D eigenvalue weighted by molar-refractivity contribution is 6.04. The normalized spacial score (nSPS) is 12.1. The van der Waals surface area contributed by atoms with Crippen molar-refractivity contribution in [3.05, 3.63) is 0 Å². The zero-order chi connectivity index (χ0) is 22.5. The predicted molar refractivity (Wildman–Crippen MR) is 111 cm³/mol. The summed E-state index contributed by atoms with van der Waals surface area (Å²) in [5.41, 5.74) is -1.56. The van der Waals surface area contributed by atoms with Crippen LogP contribution in [0.3, 0.4) is 0 Å². The van der Waals surface area contributed by atoms with E-state index in [1.165, 1.54) is 20.8 Å². The number of hydrogen-bond acceptors (Lipinski definition) is 4. The molecule has 0 aromatic heterocycles. The van der Waals surface area contributed by atoms with Gasteiger partial charge in [-0.3, -0.25) is 19.2 Å². The van der Waals surface area contributed by atoms with Gasteiger partial charge in [-0.15, -0.1) is 0 Å². The largest absolute Gasteiger partial charge is 0.481 e. The van der Waals surface area contributed by atoms with Gasteiger partial charge in [-0.2, -0.15) is 0 Å². The first kappa shape index (κ1) is 28.3. The molecule has 0 saturated heterocycles. The van der Waals surface area contributed by atoms with Gasteiger partial charge in [-0.1, -0.05) is 47.5 Å². The van der Waals surface area contributed by atoms with E-state index in [1.54, 1.807) is 0 Å². The van der Waals surface area contributed by atoms with Gasteiger partial charge in [0, 0.05) is 6.42 Å². The highest BCUT2D eigenvalue weighted by atomic mass is 16.4. The Kier molecular flexibility index (Phi) is 14.3. The molecule has 0 aromatic rings. The Morgan fingerprint density at radius 1 is 0.929 bits per heavy atom. The van der Waals surface area contributed by atoms with Crippen LogP contribution in [0.1, 0.15) is 81.1 Å². The highest BCUT2D eigenvalue weighted by Gasteiger charge is 2.35. The van der Waals surface area contributed by atoms with E-state index in [2.05, 4.69) is 45.3 Å². The fourth-order valence-electron chi connectivity index (χ4n) is 1.88. The number of carbonyl (C=O) groups is 4. The summed E-state index contributed by atoms with van der Waals surface area (Å²) in [6, 6.07) is -0.775. The summed E-state index contributed by atoms with van der Waals surface area (Å²) in [4.78, 5) is 46.4. The molecule has 0 aliphatic carbocycles. The van der Waals surface area contributed by atoms with E-state index in [1.807, 2.05) is 0 Å². The lowest BCUT2D eigenvalue weighted by molar-refractivity contribution is -0.152. The molecule has 0 fully saturated rings. The molecule has 0 rings (SSSR count). The minimum absolute atomic E-state index is 0.210. The number of rotatable bonds is 11. The van der Waals surface area contributed by atoms with E-state index in [4.69, 9.17) is 5.11 Å². The van der Waals surface area contributed by atoms with Crippen LogP contribution in [0.4, 0.5) is 0 Å². The second-order valence-electron chi connectivity index (χ2n) is 8.73. The molecule has 1 atom stereocenters. The van der Waals surface area contributed by atoms with E-state index < -0.39 is 29.1 Å². The standard InChI is InChI=1S/C17H30N2O5.C4H10/c1-11(2)8-6-7-9-14(21)19-12(3)15(22)18-10-13(20)17(4,5)16(23)24;1-4(2)3/h11-12H,6-10H2,1-5H3,(H,18,22)(H,19,21)(H,23,24);4H,1-3H3. The molecule has 3 N–H and O–H groups in total. The van der Waals surface area contributed by atoms with Crippen LogP contribution in [0.5, 0.6) is 0 Å². The number of aliphatic carboxylic acids is 1. The third-order valence-electron chi connectivity index (χ3n) is 3.86. The van der Waals surface area contributed by atoms with Crippen molar-refractivity contribution in [3.8, 4) is 0 Å². The van der Waals surface area contributed by atoms with Crippen molar-refractivity contribution < 1.29 is 24.3 Å². The summed E-state index contributed by atoms with van der Waals surface area (Å²) < 4.78 is 0. The van der Waals surface area contributed by atoms with Crippen LogP contribution in [0.25, 0.3) is 0 Å². The van der Waals surface area contributed by atoms with Gasteiger partial charge in [0.25, 0.3) is 0 Å². The molecule has 0 heterocycles. The maximum atomic E-state index is 11.9. The van der Waals surface area contributed by atoms with Crippen LogP contribution in [-0.4, -0.2) is 41.3 Å². The van der Waals surface area contributed by atoms with Crippen LogP contribution in [0.15, 0.2) is 0 Å². The van der Waals surface area contributed by atoms with Crippen molar-refractivity contribution in [3.63, 3.8) is 0 Å². The molecule has 1 unspecified atom stereocenters. The zero-order valence-corrected chi connectivity index (χ0v) is 18.8. The SMILES string of the molecule is CC(C)C.CC(C)CCCCC(=O)NC(C)C(=O)NCC(=O)C(C)(C)C(=O)O. The summed E-state index contributed by atoms with van der Waals surface area (Å²) in [6.45, 7) is 14.5. The van der Waals surface area contributed by atoms with Crippen LogP contribution >= 0.6 is 0 Å². The van der Waals surface area contributed by atoms with E-state index in [0.717, 1.165) is 25.2 Å². The summed E-state index contributed by atoms with van der Waals surface area (Å²) in [7, 11) is 0. The average Bonchev–Trinajstić information content (AvgIpc) is 2.55. The van der Waals surface area contributed by atoms with E-state index in [0.29, 0.717) is 12.3 Å². The molecule has 0 bridgehead atoms. The molecule has 0 radical (unpaired) electrons. The smallest absolute Gasteiger partial charge is 0.316 e. The van der Waals surface area contributed by atoms with Gasteiger partial charge in [0.1, 0.15) is 11.5 Å². The fraction of sp³-hybridized carbons (Fsp3) is 0.810. The number of carbonyl (C=O) groups excluding carboxylic acids is 3. The highest BCUT2D eigenvalue weighted by Crippen LogP contribution is 2.16. The zero-order valence-electron chi connectivity index (χ0n) is 18.8. The van der Waals surface area contributed by atoms with Crippen molar-refractivity contribution >= 4 is 23.6 Å². The lowest BCUT2D eigenvalue weighted by atomic mass is 9.88. The first-order chi connectivity index (χ1) is 12.7. The number of carboxylic acid groups (broad SMARTS) is 1. The minimum atomic E-state index is -1.56. The predicted octanol–water partition coefficient (Wildman–Crippen LogP) is 3.17. The van der Waals surface area contributed by atoms with Gasteiger partial charge >= 0.3 is 5.97 Å². The van der Waals surface area contributed by atoms with Crippen molar-refractivity contribution in [1.82, 2.24) is 10.6 Å². The molecule has 164 valence electrons. The van der Waals surface area contributed by atoms with Crippen molar-refractivity contribution in [1.29, 1.82) is 0 Å². The van der Waals surface area contributed by atoms with Gasteiger partial charge in [0.2, 0.25) is 11.8 Å². The second-order valence-corrected chi connectivity index (χ2v) is 8.73. The summed E-state index contributed by atoms with van der Waals surface area (Å²) >= 11 is 0.